The smallest absolute Gasteiger partial charge is 0.251 e. The van der Waals surface area contributed by atoms with Gasteiger partial charge in [-0.15, -0.1) is 0 Å². The Morgan fingerprint density at radius 3 is 2.45 bits per heavy atom. The van der Waals surface area contributed by atoms with E-state index in [0.717, 1.165) is 5.56 Å². The average molecular weight is 466 g/mol. The third-order valence-electron chi connectivity index (χ3n) is 5.70. The summed E-state index contributed by atoms with van der Waals surface area (Å²) >= 11 is 6.15. The summed E-state index contributed by atoms with van der Waals surface area (Å²) in [7, 11) is 1.55. The first-order chi connectivity index (χ1) is 15.9. The first-order valence-electron chi connectivity index (χ1n) is 10.5. The van der Waals surface area contributed by atoms with Crippen molar-refractivity contribution in [1.82, 2.24) is 5.32 Å². The van der Waals surface area contributed by atoms with E-state index in [1.807, 2.05) is 6.07 Å². The molecule has 3 aromatic carbocycles. The standard InChI is InChI=1S/C25H24ClN3O4/c1-27-23(31)16-9-11-18(12-10-16)28-24(32)21(14-15-5-4-6-17(26)13-15)29-20-8-3-2-7-19(20)22(30)25(29)33/h2-13,21-22,25,30,33H,14H2,1H3,(H,27,31)(H,28,32). The zero-order valence-corrected chi connectivity index (χ0v) is 18.7. The van der Waals surface area contributed by atoms with Gasteiger partial charge in [0.1, 0.15) is 12.1 Å². The Labute approximate surface area is 196 Å². The van der Waals surface area contributed by atoms with Crippen molar-refractivity contribution >= 4 is 34.8 Å². The lowest BCUT2D eigenvalue weighted by Gasteiger charge is -2.33. The molecule has 170 valence electrons. The maximum Gasteiger partial charge on any atom is 0.251 e. The zero-order valence-electron chi connectivity index (χ0n) is 17.9. The van der Waals surface area contributed by atoms with Crippen molar-refractivity contribution in [2.75, 3.05) is 17.3 Å². The Hall–Kier alpha value is -3.39. The number of carbonyl (C=O) groups is 2. The molecule has 1 aliphatic heterocycles. The summed E-state index contributed by atoms with van der Waals surface area (Å²) in [4.78, 5) is 26.8. The van der Waals surface area contributed by atoms with Crippen LogP contribution in [0.1, 0.15) is 27.6 Å². The molecule has 3 atom stereocenters. The third kappa shape index (κ3) is 4.71. The van der Waals surface area contributed by atoms with E-state index in [1.165, 1.54) is 4.90 Å². The average Bonchev–Trinajstić information content (AvgIpc) is 3.07. The third-order valence-corrected chi connectivity index (χ3v) is 5.93. The highest BCUT2D eigenvalue weighted by Crippen LogP contribution is 2.40. The van der Waals surface area contributed by atoms with Gasteiger partial charge in [0.2, 0.25) is 5.91 Å². The maximum atomic E-state index is 13.5. The molecule has 0 saturated carbocycles. The number of aliphatic hydroxyl groups excluding tert-OH is 2. The van der Waals surface area contributed by atoms with Gasteiger partial charge in [-0.25, -0.2) is 0 Å². The second-order valence-corrected chi connectivity index (χ2v) is 8.26. The van der Waals surface area contributed by atoms with Crippen LogP contribution in [0.2, 0.25) is 5.02 Å². The van der Waals surface area contributed by atoms with Crippen LogP contribution in [0.3, 0.4) is 0 Å². The number of rotatable bonds is 6. The fourth-order valence-corrected chi connectivity index (χ4v) is 4.27. The monoisotopic (exact) mass is 465 g/mol. The number of nitrogens with zero attached hydrogens (tertiary/aromatic N) is 1. The minimum atomic E-state index is -1.28. The number of para-hydroxylation sites is 1. The van der Waals surface area contributed by atoms with E-state index in [1.54, 1.807) is 73.8 Å². The predicted molar refractivity (Wildman–Crippen MR) is 127 cm³/mol. The van der Waals surface area contributed by atoms with Gasteiger partial charge in [-0.2, -0.15) is 0 Å². The first kappa shape index (κ1) is 22.8. The predicted octanol–water partition coefficient (Wildman–Crippen LogP) is 3.12. The topological polar surface area (TPSA) is 102 Å². The molecule has 3 aromatic rings. The summed E-state index contributed by atoms with van der Waals surface area (Å²) in [5.41, 5.74) is 2.94. The van der Waals surface area contributed by atoms with Gasteiger partial charge in [-0.3, -0.25) is 9.59 Å². The van der Waals surface area contributed by atoms with Crippen molar-refractivity contribution < 1.29 is 19.8 Å². The molecule has 4 rings (SSSR count). The van der Waals surface area contributed by atoms with Crippen molar-refractivity contribution in [3.8, 4) is 0 Å². The zero-order chi connectivity index (χ0) is 23.5. The van der Waals surface area contributed by atoms with Crippen molar-refractivity contribution in [3.05, 3.63) is 94.5 Å². The summed E-state index contributed by atoms with van der Waals surface area (Å²) in [6.07, 6.45) is -2.17. The molecular weight excluding hydrogens is 442 g/mol. The van der Waals surface area contributed by atoms with Crippen molar-refractivity contribution in [2.24, 2.45) is 0 Å². The molecule has 0 aromatic heterocycles. The van der Waals surface area contributed by atoms with E-state index < -0.39 is 18.4 Å². The van der Waals surface area contributed by atoms with Gasteiger partial charge >= 0.3 is 0 Å². The summed E-state index contributed by atoms with van der Waals surface area (Å²) in [6, 6.07) is 19.9. The van der Waals surface area contributed by atoms with Gasteiger partial charge in [-0.1, -0.05) is 41.9 Å². The summed E-state index contributed by atoms with van der Waals surface area (Å²) in [5.74, 6) is -0.594. The normalized spacial score (nSPS) is 17.9. The van der Waals surface area contributed by atoms with Crippen LogP contribution in [0.5, 0.6) is 0 Å². The molecule has 8 heteroatoms. The fourth-order valence-electron chi connectivity index (χ4n) is 4.06. The molecule has 3 unspecified atom stereocenters. The minimum absolute atomic E-state index is 0.225. The molecular formula is C25H24ClN3O4. The Bertz CT molecular complexity index is 1170. The van der Waals surface area contributed by atoms with Crippen LogP contribution >= 0.6 is 11.6 Å². The van der Waals surface area contributed by atoms with E-state index in [0.29, 0.717) is 27.5 Å². The lowest BCUT2D eigenvalue weighted by molar-refractivity contribution is -0.118. The summed E-state index contributed by atoms with van der Waals surface area (Å²) in [5, 5.41) is 27.4. The number of nitrogens with one attached hydrogen (secondary N) is 2. The Morgan fingerprint density at radius 1 is 1.03 bits per heavy atom. The van der Waals surface area contributed by atoms with Gasteiger partial charge in [-0.05, 0) is 48.0 Å². The number of amides is 2. The van der Waals surface area contributed by atoms with E-state index in [4.69, 9.17) is 11.6 Å². The number of carbonyl (C=O) groups excluding carboxylic acids is 2. The van der Waals surface area contributed by atoms with Gasteiger partial charge in [0.05, 0.1) is 0 Å². The van der Waals surface area contributed by atoms with Crippen LogP contribution < -0.4 is 15.5 Å². The van der Waals surface area contributed by atoms with Crippen LogP contribution in [-0.2, 0) is 11.2 Å². The van der Waals surface area contributed by atoms with Gasteiger partial charge in [0.25, 0.3) is 5.91 Å². The molecule has 0 aliphatic carbocycles. The van der Waals surface area contributed by atoms with Crippen LogP contribution in [-0.4, -0.2) is 41.3 Å². The van der Waals surface area contributed by atoms with Gasteiger partial charge < -0.3 is 25.7 Å². The Balaban J connectivity index is 1.66. The van der Waals surface area contributed by atoms with Crippen LogP contribution in [0.25, 0.3) is 0 Å². The van der Waals surface area contributed by atoms with Crippen molar-refractivity contribution in [2.45, 2.75) is 24.8 Å². The SMILES string of the molecule is CNC(=O)c1ccc(NC(=O)C(Cc2cccc(Cl)c2)N2c3ccccc3C(O)C2O)cc1. The molecule has 4 N–H and O–H groups in total. The largest absolute Gasteiger partial charge is 0.384 e. The lowest BCUT2D eigenvalue weighted by atomic mass is 10.0. The number of hydrogen-bond acceptors (Lipinski definition) is 5. The molecule has 33 heavy (non-hydrogen) atoms. The molecule has 0 radical (unpaired) electrons. The molecule has 1 heterocycles. The van der Waals surface area contributed by atoms with Gasteiger partial charge in [0, 0.05) is 41.0 Å². The molecule has 7 nitrogen and oxygen atoms in total. The molecule has 2 amide bonds. The molecule has 1 aliphatic rings. The van der Waals surface area contributed by atoms with E-state index in [2.05, 4.69) is 10.6 Å². The highest BCUT2D eigenvalue weighted by Gasteiger charge is 2.42. The Kier molecular flexibility index (Phi) is 6.65. The Morgan fingerprint density at radius 2 is 1.76 bits per heavy atom. The fraction of sp³-hybridized carbons (Fsp3) is 0.200. The number of halogens is 1. The summed E-state index contributed by atoms with van der Waals surface area (Å²) in [6.45, 7) is 0. The summed E-state index contributed by atoms with van der Waals surface area (Å²) < 4.78 is 0. The lowest BCUT2D eigenvalue weighted by Crippen LogP contribution is -2.50. The number of fused-ring (bicyclic) bond motifs is 1. The van der Waals surface area contributed by atoms with E-state index in [-0.39, 0.29) is 18.2 Å². The second-order valence-electron chi connectivity index (χ2n) is 7.82. The molecule has 0 fully saturated rings. The number of hydrogen-bond donors (Lipinski definition) is 4. The number of benzene rings is 3. The van der Waals surface area contributed by atoms with Crippen LogP contribution in [0.15, 0.2) is 72.8 Å². The highest BCUT2D eigenvalue weighted by molar-refractivity contribution is 6.30. The molecule has 0 bridgehead atoms. The molecule has 0 saturated heterocycles. The van der Waals surface area contributed by atoms with E-state index in [9.17, 15) is 19.8 Å². The number of aliphatic hydroxyl groups is 2. The number of anilines is 2. The van der Waals surface area contributed by atoms with Crippen LogP contribution in [0.4, 0.5) is 11.4 Å². The molecule has 0 spiro atoms. The van der Waals surface area contributed by atoms with Crippen molar-refractivity contribution in [1.29, 1.82) is 0 Å². The first-order valence-corrected chi connectivity index (χ1v) is 10.9. The van der Waals surface area contributed by atoms with Crippen molar-refractivity contribution in [3.63, 3.8) is 0 Å². The quantitative estimate of drug-likeness (QED) is 0.448. The van der Waals surface area contributed by atoms with Gasteiger partial charge in [0.15, 0.2) is 6.23 Å². The second kappa shape index (κ2) is 9.62. The minimum Gasteiger partial charge on any atom is -0.384 e. The van der Waals surface area contributed by atoms with E-state index >= 15 is 0 Å². The van der Waals surface area contributed by atoms with Crippen LogP contribution in [0, 0.1) is 0 Å². The highest BCUT2D eigenvalue weighted by atomic mass is 35.5. The maximum absolute atomic E-state index is 13.5.